The van der Waals surface area contributed by atoms with E-state index in [1.165, 1.54) is 0 Å². The van der Waals surface area contributed by atoms with Crippen LogP contribution in [0.4, 0.5) is 0 Å². The van der Waals surface area contributed by atoms with E-state index in [9.17, 15) is 9.59 Å². The summed E-state index contributed by atoms with van der Waals surface area (Å²) in [4.78, 5) is 28.0. The summed E-state index contributed by atoms with van der Waals surface area (Å²) in [6.45, 7) is 8.44. The Morgan fingerprint density at radius 1 is 0.971 bits per heavy atom. The normalized spacial score (nSPS) is 11.9. The van der Waals surface area contributed by atoms with Crippen LogP contribution >= 0.6 is 0 Å². The number of hydrogen-bond donors (Lipinski definition) is 1. The third kappa shape index (κ3) is 8.61. The molecule has 0 fully saturated rings. The molecule has 2 rings (SSSR count). The maximum absolute atomic E-state index is 13.3. The molecule has 2 aromatic carbocycles. The molecule has 0 aliphatic rings. The van der Waals surface area contributed by atoms with Crippen molar-refractivity contribution in [3.63, 3.8) is 0 Å². The first-order valence-corrected chi connectivity index (χ1v) is 11.7. The summed E-state index contributed by atoms with van der Waals surface area (Å²) in [5.41, 5.74) is 0.519. The molecule has 34 heavy (non-hydrogen) atoms. The standard InChI is InChI=1S/C27H38N2O5/c1-7-24(26(31)28-27(2,3)4)29(19-20-10-8-11-23(18-20)33-6)25(30)12-9-17-34-22-15-13-21(32-5)14-16-22/h8,10-11,13-16,18,24H,7,9,12,17,19H2,1-6H3,(H,28,31). The van der Waals surface area contributed by atoms with E-state index in [2.05, 4.69) is 5.32 Å². The lowest BCUT2D eigenvalue weighted by Gasteiger charge is -2.33. The summed E-state index contributed by atoms with van der Waals surface area (Å²) in [5, 5.41) is 3.02. The van der Waals surface area contributed by atoms with Crippen molar-refractivity contribution < 1.29 is 23.8 Å². The molecule has 0 heterocycles. The van der Waals surface area contributed by atoms with Gasteiger partial charge in [-0.25, -0.2) is 0 Å². The van der Waals surface area contributed by atoms with E-state index in [0.717, 1.165) is 17.1 Å². The lowest BCUT2D eigenvalue weighted by molar-refractivity contribution is -0.142. The van der Waals surface area contributed by atoms with Gasteiger partial charge in [-0.3, -0.25) is 9.59 Å². The zero-order valence-corrected chi connectivity index (χ0v) is 21.2. The number of carbonyl (C=O) groups excluding carboxylic acids is 2. The molecule has 2 aromatic rings. The van der Waals surface area contributed by atoms with Crippen LogP contribution in [0.1, 0.15) is 52.5 Å². The topological polar surface area (TPSA) is 77.1 Å². The molecule has 0 aliphatic heterocycles. The highest BCUT2D eigenvalue weighted by molar-refractivity contribution is 5.88. The molecule has 0 aliphatic carbocycles. The molecule has 186 valence electrons. The number of nitrogens with one attached hydrogen (secondary N) is 1. The van der Waals surface area contributed by atoms with Crippen molar-refractivity contribution in [3.8, 4) is 17.2 Å². The minimum atomic E-state index is -0.569. The molecule has 1 atom stereocenters. The van der Waals surface area contributed by atoms with Crippen molar-refractivity contribution in [2.24, 2.45) is 0 Å². The van der Waals surface area contributed by atoms with Gasteiger partial charge in [0, 0.05) is 18.5 Å². The van der Waals surface area contributed by atoms with Crippen molar-refractivity contribution in [1.29, 1.82) is 0 Å². The van der Waals surface area contributed by atoms with E-state index in [1.807, 2.05) is 76.2 Å². The second kappa shape index (κ2) is 12.9. The van der Waals surface area contributed by atoms with Crippen LogP contribution in [0.2, 0.25) is 0 Å². The van der Waals surface area contributed by atoms with Crippen LogP contribution in [0, 0.1) is 0 Å². The Bertz CT molecular complexity index is 921. The smallest absolute Gasteiger partial charge is 0.243 e. The van der Waals surface area contributed by atoms with E-state index >= 15 is 0 Å². The number of carbonyl (C=O) groups is 2. The van der Waals surface area contributed by atoms with Gasteiger partial charge in [0.05, 0.1) is 20.8 Å². The van der Waals surface area contributed by atoms with Crippen molar-refractivity contribution in [3.05, 3.63) is 54.1 Å². The highest BCUT2D eigenvalue weighted by atomic mass is 16.5. The number of benzene rings is 2. The van der Waals surface area contributed by atoms with Gasteiger partial charge in [0.2, 0.25) is 11.8 Å². The first-order valence-electron chi connectivity index (χ1n) is 11.7. The van der Waals surface area contributed by atoms with E-state index in [1.54, 1.807) is 19.1 Å². The Hall–Kier alpha value is -3.22. The fourth-order valence-corrected chi connectivity index (χ4v) is 3.57. The first kappa shape index (κ1) is 27.0. The fraction of sp³-hybridized carbons (Fsp3) is 0.481. The van der Waals surface area contributed by atoms with Gasteiger partial charge in [-0.15, -0.1) is 0 Å². The molecular formula is C27H38N2O5. The van der Waals surface area contributed by atoms with Crippen LogP contribution < -0.4 is 19.5 Å². The van der Waals surface area contributed by atoms with Crippen LogP contribution in [0.5, 0.6) is 17.2 Å². The summed E-state index contributed by atoms with van der Waals surface area (Å²) in [6, 6.07) is 14.3. The van der Waals surface area contributed by atoms with Crippen molar-refractivity contribution >= 4 is 11.8 Å². The van der Waals surface area contributed by atoms with Gasteiger partial charge < -0.3 is 24.4 Å². The Morgan fingerprint density at radius 3 is 2.21 bits per heavy atom. The molecule has 1 N–H and O–H groups in total. The zero-order valence-electron chi connectivity index (χ0n) is 21.2. The van der Waals surface area contributed by atoms with Gasteiger partial charge in [-0.1, -0.05) is 19.1 Å². The lowest BCUT2D eigenvalue weighted by Crippen LogP contribution is -2.53. The zero-order chi connectivity index (χ0) is 25.1. The maximum atomic E-state index is 13.3. The Labute approximate surface area is 203 Å². The van der Waals surface area contributed by atoms with Crippen LogP contribution in [0.3, 0.4) is 0 Å². The summed E-state index contributed by atoms with van der Waals surface area (Å²) in [6.07, 6.45) is 1.33. The van der Waals surface area contributed by atoms with Gasteiger partial charge >= 0.3 is 0 Å². The molecule has 0 spiro atoms. The number of methoxy groups -OCH3 is 2. The predicted octanol–water partition coefficient (Wildman–Crippen LogP) is 4.58. The number of ether oxygens (including phenoxy) is 3. The third-order valence-electron chi connectivity index (χ3n) is 5.23. The minimum Gasteiger partial charge on any atom is -0.497 e. The molecular weight excluding hydrogens is 432 g/mol. The number of rotatable bonds is 12. The number of hydrogen-bond acceptors (Lipinski definition) is 5. The first-order chi connectivity index (χ1) is 16.2. The van der Waals surface area contributed by atoms with Gasteiger partial charge in [0.15, 0.2) is 0 Å². The second-order valence-electron chi connectivity index (χ2n) is 9.16. The predicted molar refractivity (Wildman–Crippen MR) is 133 cm³/mol. The largest absolute Gasteiger partial charge is 0.497 e. The molecule has 0 radical (unpaired) electrons. The molecule has 0 bridgehead atoms. The van der Waals surface area contributed by atoms with Crippen molar-refractivity contribution in [1.82, 2.24) is 10.2 Å². The lowest BCUT2D eigenvalue weighted by atomic mass is 10.0. The maximum Gasteiger partial charge on any atom is 0.243 e. The summed E-state index contributed by atoms with van der Waals surface area (Å²) in [7, 11) is 3.22. The molecule has 7 heteroatoms. The monoisotopic (exact) mass is 470 g/mol. The third-order valence-corrected chi connectivity index (χ3v) is 5.23. The highest BCUT2D eigenvalue weighted by Crippen LogP contribution is 2.20. The minimum absolute atomic E-state index is 0.0861. The quantitative estimate of drug-likeness (QED) is 0.459. The average molecular weight is 471 g/mol. The van der Waals surface area contributed by atoms with E-state index in [4.69, 9.17) is 14.2 Å². The van der Waals surface area contributed by atoms with E-state index in [0.29, 0.717) is 31.7 Å². The SMILES string of the molecule is CCC(C(=O)NC(C)(C)C)N(Cc1cccc(OC)c1)C(=O)CCCOc1ccc(OC)cc1. The Morgan fingerprint density at radius 2 is 1.62 bits per heavy atom. The van der Waals surface area contributed by atoms with Gasteiger partial charge in [0.25, 0.3) is 0 Å². The summed E-state index contributed by atoms with van der Waals surface area (Å²) in [5.74, 6) is 1.95. The Balaban J connectivity index is 2.09. The van der Waals surface area contributed by atoms with Crippen LogP contribution in [-0.4, -0.2) is 49.1 Å². The van der Waals surface area contributed by atoms with Gasteiger partial charge in [-0.2, -0.15) is 0 Å². The van der Waals surface area contributed by atoms with Gasteiger partial charge in [-0.05, 0) is 75.6 Å². The van der Waals surface area contributed by atoms with Crippen LogP contribution in [-0.2, 0) is 16.1 Å². The van der Waals surface area contributed by atoms with Crippen LogP contribution in [0.15, 0.2) is 48.5 Å². The molecule has 0 saturated carbocycles. The molecule has 7 nitrogen and oxygen atoms in total. The summed E-state index contributed by atoms with van der Waals surface area (Å²) >= 11 is 0. The molecule has 1 unspecified atom stereocenters. The van der Waals surface area contributed by atoms with Crippen LogP contribution in [0.25, 0.3) is 0 Å². The van der Waals surface area contributed by atoms with Gasteiger partial charge in [0.1, 0.15) is 23.3 Å². The number of amides is 2. The molecule has 0 aromatic heterocycles. The van der Waals surface area contributed by atoms with E-state index < -0.39 is 6.04 Å². The summed E-state index contributed by atoms with van der Waals surface area (Å²) < 4.78 is 16.2. The van der Waals surface area contributed by atoms with E-state index in [-0.39, 0.29) is 23.8 Å². The Kier molecular flexibility index (Phi) is 10.2. The fourth-order valence-electron chi connectivity index (χ4n) is 3.57. The molecule has 2 amide bonds. The average Bonchev–Trinajstić information content (AvgIpc) is 2.81. The van der Waals surface area contributed by atoms with Crippen molar-refractivity contribution in [2.75, 3.05) is 20.8 Å². The number of nitrogens with zero attached hydrogens (tertiary/aromatic N) is 1. The van der Waals surface area contributed by atoms with Crippen molar-refractivity contribution in [2.45, 2.75) is 65.1 Å². The highest BCUT2D eigenvalue weighted by Gasteiger charge is 2.30. The molecule has 0 saturated heterocycles. The second-order valence-corrected chi connectivity index (χ2v) is 9.16.